The third-order valence-electron chi connectivity index (χ3n) is 2.65. The number of rotatable bonds is 4. The maximum Gasteiger partial charge on any atom is 1.00 e. The number of nitrogens with zero attached hydrogens (tertiary/aromatic N) is 1. The van der Waals surface area contributed by atoms with E-state index in [0.717, 1.165) is 0 Å². The van der Waals surface area contributed by atoms with Gasteiger partial charge in [-0.2, -0.15) is 0 Å². The molecule has 0 spiro atoms. The van der Waals surface area contributed by atoms with Crippen molar-refractivity contribution in [3.05, 3.63) is 42.1 Å². The second-order valence-corrected chi connectivity index (χ2v) is 5.99. The number of aromatic nitrogens is 1. The van der Waals surface area contributed by atoms with Crippen LogP contribution in [0.5, 0.6) is 0 Å². The van der Waals surface area contributed by atoms with E-state index in [1.807, 2.05) is 0 Å². The van der Waals surface area contributed by atoms with E-state index in [9.17, 15) is 8.42 Å². The van der Waals surface area contributed by atoms with Crippen molar-refractivity contribution in [3.63, 3.8) is 0 Å². The van der Waals surface area contributed by atoms with Gasteiger partial charge in [-0.15, -0.1) is 0 Å². The van der Waals surface area contributed by atoms with Gasteiger partial charge in [0.25, 0.3) is 10.0 Å². The van der Waals surface area contributed by atoms with E-state index in [4.69, 9.17) is 5.73 Å². The maximum atomic E-state index is 12.2. The Morgan fingerprint density at radius 3 is 2.33 bits per heavy atom. The predicted molar refractivity (Wildman–Crippen MR) is 80.2 cm³/mol. The van der Waals surface area contributed by atoms with E-state index in [1.165, 1.54) is 12.1 Å². The molecule has 1 aromatic carbocycles. The van der Waals surface area contributed by atoms with Gasteiger partial charge >= 0.3 is 29.6 Å². The molecule has 0 aliphatic rings. The van der Waals surface area contributed by atoms with Crippen molar-refractivity contribution >= 4 is 27.2 Å². The summed E-state index contributed by atoms with van der Waals surface area (Å²) in [7, 11) is -1.91. The van der Waals surface area contributed by atoms with Crippen LogP contribution in [-0.4, -0.2) is 20.4 Å². The van der Waals surface area contributed by atoms with Crippen molar-refractivity contribution in [3.8, 4) is 0 Å². The minimum absolute atomic E-state index is 0. The summed E-state index contributed by atoms with van der Waals surface area (Å²) in [5.74, 6) is 0.597. The van der Waals surface area contributed by atoms with Gasteiger partial charge in [0.1, 0.15) is 5.82 Å². The van der Waals surface area contributed by atoms with E-state index in [0.29, 0.717) is 22.9 Å². The molecule has 0 saturated carbocycles. The fraction of sp³-hybridized carbons (Fsp3) is 0.154. The molecular formula is C13H16N4NaO2S+. The maximum absolute atomic E-state index is 12.2. The molecule has 1 heterocycles. The summed E-state index contributed by atoms with van der Waals surface area (Å²) in [6, 6.07) is 9.31. The van der Waals surface area contributed by atoms with Gasteiger partial charge in [0.05, 0.1) is 10.6 Å². The zero-order valence-electron chi connectivity index (χ0n) is 12.2. The molecule has 0 aliphatic heterocycles. The van der Waals surface area contributed by atoms with Crippen molar-refractivity contribution in [2.75, 3.05) is 22.8 Å². The largest absolute Gasteiger partial charge is 1.00 e. The normalized spacial score (nSPS) is 10.6. The molecule has 0 aliphatic carbocycles. The third-order valence-corrected chi connectivity index (χ3v) is 4.05. The fourth-order valence-electron chi connectivity index (χ4n) is 1.72. The zero-order chi connectivity index (χ0) is 14.8. The molecule has 2 aromatic rings. The zero-order valence-corrected chi connectivity index (χ0v) is 15.0. The van der Waals surface area contributed by atoms with Gasteiger partial charge in [0, 0.05) is 24.5 Å². The summed E-state index contributed by atoms with van der Waals surface area (Å²) in [5.41, 5.74) is 7.24. The molecule has 0 bridgehead atoms. The molecule has 0 radical (unpaired) electrons. The van der Waals surface area contributed by atoms with E-state index in [1.54, 1.807) is 38.2 Å². The molecule has 8 heteroatoms. The summed E-state index contributed by atoms with van der Waals surface area (Å²) in [6.07, 6.45) is 0. The summed E-state index contributed by atoms with van der Waals surface area (Å²) in [6.45, 7) is 1.79. The van der Waals surface area contributed by atoms with Crippen molar-refractivity contribution < 1.29 is 38.0 Å². The van der Waals surface area contributed by atoms with Crippen LogP contribution in [0.4, 0.5) is 17.2 Å². The Kier molecular flexibility index (Phi) is 6.03. The monoisotopic (exact) mass is 315 g/mol. The van der Waals surface area contributed by atoms with Gasteiger partial charge in [-0.3, -0.25) is 4.72 Å². The van der Waals surface area contributed by atoms with Gasteiger partial charge in [0.2, 0.25) is 0 Å². The standard InChI is InChI=1S/C13H16N4O2S.Na/c1-9-7-11(8-13(15-2)16-9)17-20(18,19)12-5-3-10(14)4-6-12;/h3-8H,14H2,1-2H3,(H2,15,16,17);/q;+1. The number of aryl methyl sites for hydroxylation is 1. The van der Waals surface area contributed by atoms with Crippen LogP contribution in [0, 0.1) is 6.92 Å². The van der Waals surface area contributed by atoms with Crippen LogP contribution in [0.1, 0.15) is 5.69 Å². The summed E-state index contributed by atoms with van der Waals surface area (Å²) in [4.78, 5) is 4.36. The molecular weight excluding hydrogens is 299 g/mol. The average Bonchev–Trinajstić information content (AvgIpc) is 2.37. The smallest absolute Gasteiger partial charge is 0.399 e. The van der Waals surface area contributed by atoms with Crippen LogP contribution in [0.2, 0.25) is 0 Å². The molecule has 2 rings (SSSR count). The van der Waals surface area contributed by atoms with E-state index < -0.39 is 10.0 Å². The molecule has 0 atom stereocenters. The first-order valence-corrected chi connectivity index (χ1v) is 7.44. The Morgan fingerprint density at radius 1 is 1.14 bits per heavy atom. The van der Waals surface area contributed by atoms with Crippen molar-refractivity contribution in [2.24, 2.45) is 0 Å². The Bertz CT molecular complexity index is 717. The summed E-state index contributed by atoms with van der Waals surface area (Å²) >= 11 is 0. The number of sulfonamides is 1. The number of nitrogens with two attached hydrogens (primary N) is 1. The van der Waals surface area contributed by atoms with E-state index >= 15 is 0 Å². The fourth-order valence-corrected chi connectivity index (χ4v) is 2.76. The first kappa shape index (κ1) is 17.8. The molecule has 0 unspecified atom stereocenters. The number of benzene rings is 1. The summed E-state index contributed by atoms with van der Waals surface area (Å²) < 4.78 is 27.0. The van der Waals surface area contributed by atoms with Crippen LogP contribution in [0.3, 0.4) is 0 Å². The number of pyridine rings is 1. The van der Waals surface area contributed by atoms with Gasteiger partial charge in [-0.1, -0.05) is 0 Å². The first-order valence-electron chi connectivity index (χ1n) is 5.95. The Hall–Kier alpha value is -1.28. The SMILES string of the molecule is CNc1cc(NS(=O)(=O)c2ccc(N)cc2)cc(C)n1.[Na+]. The number of hydrogen-bond donors (Lipinski definition) is 3. The summed E-state index contributed by atoms with van der Waals surface area (Å²) in [5, 5.41) is 2.88. The van der Waals surface area contributed by atoms with Crippen LogP contribution < -0.4 is 45.3 Å². The molecule has 0 fully saturated rings. The average molecular weight is 315 g/mol. The third kappa shape index (κ3) is 4.60. The van der Waals surface area contributed by atoms with Crippen LogP contribution in [0.15, 0.2) is 41.3 Å². The number of nitrogens with one attached hydrogen (secondary N) is 2. The Morgan fingerprint density at radius 2 is 1.76 bits per heavy atom. The second-order valence-electron chi connectivity index (χ2n) is 4.31. The number of hydrogen-bond acceptors (Lipinski definition) is 5. The van der Waals surface area contributed by atoms with Gasteiger partial charge in [-0.05, 0) is 37.3 Å². The molecule has 1 aromatic heterocycles. The van der Waals surface area contributed by atoms with Crippen LogP contribution >= 0.6 is 0 Å². The topological polar surface area (TPSA) is 97.1 Å². The van der Waals surface area contributed by atoms with Crippen molar-refractivity contribution in [1.82, 2.24) is 4.98 Å². The van der Waals surface area contributed by atoms with Crippen LogP contribution in [0.25, 0.3) is 0 Å². The molecule has 0 saturated heterocycles. The van der Waals surface area contributed by atoms with E-state index in [2.05, 4.69) is 15.0 Å². The predicted octanol–water partition coefficient (Wildman–Crippen LogP) is -1.18. The minimum Gasteiger partial charge on any atom is -0.399 e. The van der Waals surface area contributed by atoms with E-state index in [-0.39, 0.29) is 34.5 Å². The quantitative estimate of drug-likeness (QED) is 0.487. The van der Waals surface area contributed by atoms with Crippen molar-refractivity contribution in [1.29, 1.82) is 0 Å². The first-order chi connectivity index (χ1) is 9.40. The molecule has 106 valence electrons. The molecule has 6 nitrogen and oxygen atoms in total. The number of anilines is 3. The van der Waals surface area contributed by atoms with Crippen LogP contribution in [-0.2, 0) is 10.0 Å². The Balaban J connectivity index is 0.00000220. The molecule has 4 N–H and O–H groups in total. The molecule has 21 heavy (non-hydrogen) atoms. The van der Waals surface area contributed by atoms with Gasteiger partial charge in [-0.25, -0.2) is 13.4 Å². The minimum atomic E-state index is -3.63. The van der Waals surface area contributed by atoms with Crippen molar-refractivity contribution in [2.45, 2.75) is 11.8 Å². The van der Waals surface area contributed by atoms with Gasteiger partial charge in [0.15, 0.2) is 0 Å². The molecule has 0 amide bonds. The number of nitrogen functional groups attached to an aromatic ring is 1. The van der Waals surface area contributed by atoms with Gasteiger partial charge < -0.3 is 11.1 Å². The second kappa shape index (κ2) is 7.13. The Labute approximate surface area is 146 Å².